The zero-order chi connectivity index (χ0) is 11.4. The fraction of sp³-hybridized carbons (Fsp3) is 0.333. The van der Waals surface area contributed by atoms with E-state index >= 15 is 0 Å². The van der Waals surface area contributed by atoms with E-state index in [9.17, 15) is 4.79 Å². The van der Waals surface area contributed by atoms with Gasteiger partial charge in [-0.1, -0.05) is 30.4 Å². The number of ether oxygens (including phenoxy) is 1. The molecule has 80 valence electrons. The quantitative estimate of drug-likeness (QED) is 0.447. The molecular formula is C12H14O2S. The molecule has 0 heterocycles. The number of hydrogen-bond acceptors (Lipinski definition) is 3. The summed E-state index contributed by atoms with van der Waals surface area (Å²) >= 11 is 5.04. The second-order valence-electron chi connectivity index (χ2n) is 3.35. The lowest BCUT2D eigenvalue weighted by molar-refractivity contribution is -0.134. The Morgan fingerprint density at radius 2 is 2.00 bits per heavy atom. The van der Waals surface area contributed by atoms with Crippen LogP contribution in [0.1, 0.15) is 23.6 Å². The number of carbonyl (C=O) groups excluding carboxylic acids is 1. The van der Waals surface area contributed by atoms with Crippen molar-refractivity contribution in [1.29, 1.82) is 0 Å². The third-order valence-corrected chi connectivity index (χ3v) is 2.63. The average molecular weight is 222 g/mol. The van der Waals surface area contributed by atoms with Crippen molar-refractivity contribution in [2.45, 2.75) is 20.8 Å². The van der Waals surface area contributed by atoms with E-state index < -0.39 is 5.97 Å². The van der Waals surface area contributed by atoms with Crippen molar-refractivity contribution in [3.05, 3.63) is 34.9 Å². The van der Waals surface area contributed by atoms with E-state index in [1.807, 2.05) is 32.0 Å². The lowest BCUT2D eigenvalue weighted by atomic mass is 10.0. The van der Waals surface area contributed by atoms with Crippen LogP contribution in [0.5, 0.6) is 0 Å². The minimum absolute atomic E-state index is 0.250. The lowest BCUT2D eigenvalue weighted by Crippen LogP contribution is -2.16. The molecule has 0 atom stereocenters. The molecule has 0 saturated carbocycles. The molecule has 0 fully saturated rings. The first kappa shape index (κ1) is 11.9. The van der Waals surface area contributed by atoms with Crippen LogP contribution in [0.15, 0.2) is 18.2 Å². The van der Waals surface area contributed by atoms with Crippen molar-refractivity contribution < 1.29 is 9.53 Å². The molecule has 3 heteroatoms. The summed E-state index contributed by atoms with van der Waals surface area (Å²) in [6.07, 6.45) is 0. The molecule has 0 unspecified atom stereocenters. The number of hydrogen-bond donors (Lipinski definition) is 0. The number of esters is 1. The Kier molecular flexibility index (Phi) is 3.97. The van der Waals surface area contributed by atoms with Crippen LogP contribution in [-0.2, 0) is 9.53 Å². The topological polar surface area (TPSA) is 26.3 Å². The molecule has 15 heavy (non-hydrogen) atoms. The summed E-state index contributed by atoms with van der Waals surface area (Å²) in [6.45, 7) is 6.13. The van der Waals surface area contributed by atoms with Crippen LogP contribution in [-0.4, -0.2) is 17.4 Å². The van der Waals surface area contributed by atoms with E-state index in [0.29, 0.717) is 6.61 Å². The zero-order valence-corrected chi connectivity index (χ0v) is 9.98. The van der Waals surface area contributed by atoms with Gasteiger partial charge in [0.1, 0.15) is 4.86 Å². The molecule has 0 spiro atoms. The van der Waals surface area contributed by atoms with Crippen LogP contribution >= 0.6 is 12.2 Å². The summed E-state index contributed by atoms with van der Waals surface area (Å²) in [7, 11) is 0. The summed E-state index contributed by atoms with van der Waals surface area (Å²) < 4.78 is 4.85. The molecule has 0 aliphatic rings. The van der Waals surface area contributed by atoms with Gasteiger partial charge in [0.05, 0.1) is 6.61 Å². The lowest BCUT2D eigenvalue weighted by Gasteiger charge is -2.06. The molecule has 0 radical (unpaired) electrons. The average Bonchev–Trinajstić information content (AvgIpc) is 2.21. The predicted octanol–water partition coefficient (Wildman–Crippen LogP) is 2.58. The van der Waals surface area contributed by atoms with Crippen LogP contribution in [0.4, 0.5) is 0 Å². The molecule has 0 amide bonds. The number of aryl methyl sites for hydroxylation is 2. The molecule has 0 N–H and O–H groups in total. The number of benzene rings is 1. The van der Waals surface area contributed by atoms with E-state index in [-0.39, 0.29) is 4.86 Å². The first-order valence-electron chi connectivity index (χ1n) is 4.85. The van der Waals surface area contributed by atoms with Crippen molar-refractivity contribution in [3.8, 4) is 0 Å². The molecule has 1 rings (SSSR count). The van der Waals surface area contributed by atoms with Gasteiger partial charge < -0.3 is 4.74 Å². The Labute approximate surface area is 95.3 Å². The first-order valence-corrected chi connectivity index (χ1v) is 5.25. The van der Waals surface area contributed by atoms with Crippen molar-refractivity contribution in [2.24, 2.45) is 0 Å². The maximum atomic E-state index is 11.4. The Morgan fingerprint density at radius 3 is 2.53 bits per heavy atom. The van der Waals surface area contributed by atoms with Gasteiger partial charge in [0.15, 0.2) is 0 Å². The predicted molar refractivity (Wildman–Crippen MR) is 64.2 cm³/mol. The Balaban J connectivity index is 2.92. The second kappa shape index (κ2) is 5.03. The Morgan fingerprint density at radius 1 is 1.33 bits per heavy atom. The Bertz CT molecular complexity index is 397. The number of rotatable bonds is 3. The minimum atomic E-state index is -0.421. The van der Waals surface area contributed by atoms with Gasteiger partial charge in [-0.2, -0.15) is 0 Å². The van der Waals surface area contributed by atoms with Gasteiger partial charge in [0.2, 0.25) is 0 Å². The van der Waals surface area contributed by atoms with Crippen molar-refractivity contribution in [2.75, 3.05) is 6.61 Å². The number of carbonyl (C=O) groups is 1. The fourth-order valence-electron chi connectivity index (χ4n) is 1.20. The van der Waals surface area contributed by atoms with Crippen LogP contribution in [0, 0.1) is 13.8 Å². The summed E-state index contributed by atoms with van der Waals surface area (Å²) in [5.41, 5.74) is 3.07. The summed E-state index contributed by atoms with van der Waals surface area (Å²) in [6, 6.07) is 5.71. The van der Waals surface area contributed by atoms with Gasteiger partial charge in [0.25, 0.3) is 0 Å². The second-order valence-corrected chi connectivity index (χ2v) is 3.76. The first-order chi connectivity index (χ1) is 7.06. The fourth-order valence-corrected chi connectivity index (χ4v) is 1.38. The normalized spacial score (nSPS) is 9.80. The molecule has 0 aliphatic heterocycles. The van der Waals surface area contributed by atoms with Gasteiger partial charge in [-0.25, -0.2) is 4.79 Å². The molecule has 1 aromatic carbocycles. The SMILES string of the molecule is CCOC(=O)C(=S)c1ccc(C)c(C)c1. The van der Waals surface area contributed by atoms with E-state index in [2.05, 4.69) is 0 Å². The van der Waals surface area contributed by atoms with Gasteiger partial charge >= 0.3 is 5.97 Å². The van der Waals surface area contributed by atoms with Crippen LogP contribution < -0.4 is 0 Å². The van der Waals surface area contributed by atoms with E-state index in [4.69, 9.17) is 17.0 Å². The highest BCUT2D eigenvalue weighted by Gasteiger charge is 2.12. The van der Waals surface area contributed by atoms with Gasteiger partial charge in [0, 0.05) is 5.56 Å². The molecular weight excluding hydrogens is 208 g/mol. The molecule has 0 aliphatic carbocycles. The summed E-state index contributed by atoms with van der Waals surface area (Å²) in [5, 5.41) is 0. The molecule has 2 nitrogen and oxygen atoms in total. The molecule has 0 saturated heterocycles. The highest BCUT2D eigenvalue weighted by Crippen LogP contribution is 2.11. The largest absolute Gasteiger partial charge is 0.462 e. The Hall–Kier alpha value is -1.22. The third-order valence-electron chi connectivity index (χ3n) is 2.23. The summed E-state index contributed by atoms with van der Waals surface area (Å²) in [5.74, 6) is -0.421. The molecule has 0 aromatic heterocycles. The van der Waals surface area contributed by atoms with Gasteiger partial charge in [-0.3, -0.25) is 0 Å². The van der Waals surface area contributed by atoms with E-state index in [0.717, 1.165) is 11.1 Å². The maximum absolute atomic E-state index is 11.4. The standard InChI is InChI=1S/C12H14O2S/c1-4-14-12(13)11(15)10-6-5-8(2)9(3)7-10/h5-7H,4H2,1-3H3. The van der Waals surface area contributed by atoms with E-state index in [1.165, 1.54) is 5.56 Å². The molecule has 1 aromatic rings. The maximum Gasteiger partial charge on any atom is 0.349 e. The number of thiocarbonyl (C=S) groups is 1. The third kappa shape index (κ3) is 2.86. The minimum Gasteiger partial charge on any atom is -0.462 e. The molecule has 0 bridgehead atoms. The van der Waals surface area contributed by atoms with Gasteiger partial charge in [-0.05, 0) is 31.9 Å². The van der Waals surface area contributed by atoms with Crippen molar-refractivity contribution in [3.63, 3.8) is 0 Å². The summed E-state index contributed by atoms with van der Waals surface area (Å²) in [4.78, 5) is 11.6. The van der Waals surface area contributed by atoms with Crippen LogP contribution in [0.25, 0.3) is 0 Å². The van der Waals surface area contributed by atoms with Crippen LogP contribution in [0.2, 0.25) is 0 Å². The van der Waals surface area contributed by atoms with Crippen LogP contribution in [0.3, 0.4) is 0 Å². The zero-order valence-electron chi connectivity index (χ0n) is 9.16. The van der Waals surface area contributed by atoms with E-state index in [1.54, 1.807) is 6.92 Å². The highest BCUT2D eigenvalue weighted by atomic mass is 32.1. The van der Waals surface area contributed by atoms with Gasteiger partial charge in [-0.15, -0.1) is 0 Å². The van der Waals surface area contributed by atoms with Crippen molar-refractivity contribution in [1.82, 2.24) is 0 Å². The monoisotopic (exact) mass is 222 g/mol. The van der Waals surface area contributed by atoms with Crippen molar-refractivity contribution >= 4 is 23.1 Å². The highest BCUT2D eigenvalue weighted by molar-refractivity contribution is 7.82. The smallest absolute Gasteiger partial charge is 0.349 e.